The molecule has 0 bridgehead atoms. The van der Waals surface area contributed by atoms with E-state index >= 15 is 0 Å². The van der Waals surface area contributed by atoms with E-state index in [1.807, 2.05) is 12.1 Å². The van der Waals surface area contributed by atoms with Gasteiger partial charge in [-0.2, -0.15) is 0 Å². The summed E-state index contributed by atoms with van der Waals surface area (Å²) in [6.45, 7) is 1.33. The van der Waals surface area contributed by atoms with Gasteiger partial charge >= 0.3 is 0 Å². The van der Waals surface area contributed by atoms with Gasteiger partial charge in [-0.15, -0.1) is 0 Å². The molecule has 0 amide bonds. The van der Waals surface area contributed by atoms with Gasteiger partial charge in [-0.1, -0.05) is 12.1 Å². The van der Waals surface area contributed by atoms with Crippen LogP contribution in [-0.4, -0.2) is 49.9 Å². The minimum Gasteiger partial charge on any atom is -0.487 e. The molecule has 1 rings (SSSR count). The first kappa shape index (κ1) is 13.8. The lowest BCUT2D eigenvalue weighted by Crippen LogP contribution is -2.10. The number of rotatable bonds is 9. The van der Waals surface area contributed by atoms with E-state index in [1.165, 1.54) is 0 Å². The molecule has 0 fully saturated rings. The maximum Gasteiger partial charge on any atom is 0.161 e. The number of ether oxygens (including phenoxy) is 3. The van der Waals surface area contributed by atoms with Crippen LogP contribution in [0.1, 0.15) is 0 Å². The van der Waals surface area contributed by atoms with Crippen LogP contribution >= 0.6 is 0 Å². The molecule has 1 aromatic rings. The fraction of sp³-hybridized carbons (Fsp3) is 0.500. The highest BCUT2D eigenvalue weighted by Gasteiger charge is 2.03. The molecule has 1 aromatic carbocycles. The highest BCUT2D eigenvalue weighted by atomic mass is 16.5. The average molecular weight is 242 g/mol. The molecule has 0 saturated carbocycles. The SMILES string of the molecule is OCCOCCOc1ccccc1OCCO. The summed E-state index contributed by atoms with van der Waals surface area (Å²) in [4.78, 5) is 0. The van der Waals surface area contributed by atoms with Crippen LogP contribution in [0.4, 0.5) is 0 Å². The van der Waals surface area contributed by atoms with Crippen LogP contribution in [0.5, 0.6) is 11.5 Å². The Hall–Kier alpha value is -1.30. The fourth-order valence-electron chi connectivity index (χ4n) is 1.22. The molecule has 0 spiro atoms. The van der Waals surface area contributed by atoms with Crippen molar-refractivity contribution < 1.29 is 24.4 Å². The highest BCUT2D eigenvalue weighted by molar-refractivity contribution is 5.39. The van der Waals surface area contributed by atoms with Gasteiger partial charge in [-0.25, -0.2) is 0 Å². The topological polar surface area (TPSA) is 68.2 Å². The number of aliphatic hydroxyl groups excluding tert-OH is 2. The summed E-state index contributed by atoms with van der Waals surface area (Å²) in [6.07, 6.45) is 0. The normalized spacial score (nSPS) is 10.2. The van der Waals surface area contributed by atoms with E-state index in [9.17, 15) is 0 Å². The maximum atomic E-state index is 8.68. The van der Waals surface area contributed by atoms with Gasteiger partial charge in [0.25, 0.3) is 0 Å². The van der Waals surface area contributed by atoms with Crippen molar-refractivity contribution in [1.82, 2.24) is 0 Å². The molecule has 17 heavy (non-hydrogen) atoms. The minimum atomic E-state index is -0.0338. The molecule has 0 radical (unpaired) electrons. The lowest BCUT2D eigenvalue weighted by Gasteiger charge is -2.11. The maximum absolute atomic E-state index is 8.68. The van der Waals surface area contributed by atoms with Gasteiger partial charge in [0.15, 0.2) is 11.5 Å². The first-order valence-electron chi connectivity index (χ1n) is 5.52. The molecule has 2 N–H and O–H groups in total. The second kappa shape index (κ2) is 8.81. The summed E-state index contributed by atoms with van der Waals surface area (Å²) in [5.41, 5.74) is 0. The standard InChI is InChI=1S/C12H18O5/c13-5-7-15-9-10-17-12-4-2-1-3-11(12)16-8-6-14/h1-4,13-14H,5-10H2. The van der Waals surface area contributed by atoms with Crippen molar-refractivity contribution in [1.29, 1.82) is 0 Å². The molecule has 0 unspecified atom stereocenters. The third-order valence-electron chi connectivity index (χ3n) is 1.92. The molecule has 0 atom stereocenters. The van der Waals surface area contributed by atoms with Crippen LogP contribution in [0, 0.1) is 0 Å². The van der Waals surface area contributed by atoms with Crippen molar-refractivity contribution in [3.05, 3.63) is 24.3 Å². The van der Waals surface area contributed by atoms with E-state index in [0.717, 1.165) is 0 Å². The van der Waals surface area contributed by atoms with Gasteiger partial charge in [0.05, 0.1) is 26.4 Å². The Bertz CT molecular complexity index is 303. The van der Waals surface area contributed by atoms with Crippen molar-refractivity contribution in [2.24, 2.45) is 0 Å². The Labute approximate surface area is 101 Å². The number of hydrogen-bond acceptors (Lipinski definition) is 5. The van der Waals surface area contributed by atoms with Crippen LogP contribution in [0.25, 0.3) is 0 Å². The van der Waals surface area contributed by atoms with Crippen LogP contribution in [-0.2, 0) is 4.74 Å². The Morgan fingerprint density at radius 3 is 1.94 bits per heavy atom. The molecule has 5 nitrogen and oxygen atoms in total. The van der Waals surface area contributed by atoms with E-state index < -0.39 is 0 Å². The first-order valence-corrected chi connectivity index (χ1v) is 5.52. The smallest absolute Gasteiger partial charge is 0.161 e. The van der Waals surface area contributed by atoms with E-state index in [-0.39, 0.29) is 19.8 Å². The quantitative estimate of drug-likeness (QED) is 0.615. The Balaban J connectivity index is 2.35. The molecular formula is C12H18O5. The second-order valence-electron chi connectivity index (χ2n) is 3.20. The molecule has 0 heterocycles. The predicted molar refractivity (Wildman–Crippen MR) is 62.4 cm³/mol. The van der Waals surface area contributed by atoms with Gasteiger partial charge in [0, 0.05) is 0 Å². The van der Waals surface area contributed by atoms with Gasteiger partial charge in [0.2, 0.25) is 0 Å². The van der Waals surface area contributed by atoms with Crippen LogP contribution in [0.3, 0.4) is 0 Å². The third kappa shape index (κ3) is 5.53. The monoisotopic (exact) mass is 242 g/mol. The minimum absolute atomic E-state index is 0.0101. The summed E-state index contributed by atoms with van der Waals surface area (Å²) < 4.78 is 15.8. The van der Waals surface area contributed by atoms with Crippen LogP contribution in [0.15, 0.2) is 24.3 Å². The summed E-state index contributed by atoms with van der Waals surface area (Å²) in [5.74, 6) is 1.22. The second-order valence-corrected chi connectivity index (χ2v) is 3.20. The summed E-state index contributed by atoms with van der Waals surface area (Å²) >= 11 is 0. The Morgan fingerprint density at radius 2 is 1.35 bits per heavy atom. The molecule has 0 aliphatic rings. The first-order chi connectivity index (χ1) is 8.38. The van der Waals surface area contributed by atoms with Crippen LogP contribution in [0.2, 0.25) is 0 Å². The van der Waals surface area contributed by atoms with Crippen molar-refractivity contribution >= 4 is 0 Å². The average Bonchev–Trinajstić information content (AvgIpc) is 2.37. The number of benzene rings is 1. The highest BCUT2D eigenvalue weighted by Crippen LogP contribution is 2.26. The Kier molecular flexibility index (Phi) is 7.13. The van der Waals surface area contributed by atoms with Crippen molar-refractivity contribution in [2.75, 3.05) is 39.6 Å². The molecule has 0 aliphatic carbocycles. The zero-order valence-electron chi connectivity index (χ0n) is 9.67. The predicted octanol–water partition coefficient (Wildman–Crippen LogP) is 0.445. The summed E-state index contributed by atoms with van der Waals surface area (Å²) in [7, 11) is 0. The van der Waals surface area contributed by atoms with Gasteiger partial charge in [0.1, 0.15) is 13.2 Å². The number of aliphatic hydroxyl groups is 2. The molecule has 0 aliphatic heterocycles. The Morgan fingerprint density at radius 1 is 0.765 bits per heavy atom. The van der Waals surface area contributed by atoms with E-state index in [4.69, 9.17) is 24.4 Å². The zero-order valence-corrected chi connectivity index (χ0v) is 9.67. The summed E-state index contributed by atoms with van der Waals surface area (Å²) in [5, 5.41) is 17.2. The largest absolute Gasteiger partial charge is 0.487 e. The van der Waals surface area contributed by atoms with Gasteiger partial charge in [-0.05, 0) is 12.1 Å². The van der Waals surface area contributed by atoms with Crippen molar-refractivity contribution in [3.8, 4) is 11.5 Å². The molecule has 0 saturated heterocycles. The van der Waals surface area contributed by atoms with Gasteiger partial charge < -0.3 is 24.4 Å². The van der Waals surface area contributed by atoms with Crippen molar-refractivity contribution in [3.63, 3.8) is 0 Å². The van der Waals surface area contributed by atoms with E-state index in [0.29, 0.717) is 31.3 Å². The lowest BCUT2D eigenvalue weighted by molar-refractivity contribution is 0.0695. The molecule has 0 aromatic heterocycles. The summed E-state index contributed by atoms with van der Waals surface area (Å²) in [6, 6.07) is 7.25. The zero-order chi connectivity index (χ0) is 12.3. The van der Waals surface area contributed by atoms with E-state index in [2.05, 4.69) is 0 Å². The lowest BCUT2D eigenvalue weighted by atomic mass is 10.3. The van der Waals surface area contributed by atoms with Crippen molar-refractivity contribution in [2.45, 2.75) is 0 Å². The molecular weight excluding hydrogens is 224 g/mol. The van der Waals surface area contributed by atoms with Crippen LogP contribution < -0.4 is 9.47 Å². The molecule has 96 valence electrons. The number of para-hydroxylation sites is 2. The number of hydrogen-bond donors (Lipinski definition) is 2. The third-order valence-corrected chi connectivity index (χ3v) is 1.92. The van der Waals surface area contributed by atoms with E-state index in [1.54, 1.807) is 12.1 Å². The fourth-order valence-corrected chi connectivity index (χ4v) is 1.22. The van der Waals surface area contributed by atoms with Gasteiger partial charge in [-0.3, -0.25) is 0 Å². The molecule has 5 heteroatoms.